The van der Waals surface area contributed by atoms with Crippen molar-refractivity contribution in [2.24, 2.45) is 0 Å². The van der Waals surface area contributed by atoms with E-state index in [1.54, 1.807) is 0 Å². The molecule has 2 aliphatic rings. The lowest BCUT2D eigenvalue weighted by molar-refractivity contribution is 0.256. The average Bonchev–Trinajstić information content (AvgIpc) is 3.39. The minimum atomic E-state index is -4.36. The quantitative estimate of drug-likeness (QED) is 0.561. The summed E-state index contributed by atoms with van der Waals surface area (Å²) >= 11 is 0. The van der Waals surface area contributed by atoms with Crippen LogP contribution in [0.15, 0.2) is 28.0 Å². The van der Waals surface area contributed by atoms with Gasteiger partial charge >= 0.3 is 6.03 Å². The fraction of sp³-hybridized carbons (Fsp3) is 0.455. The molecule has 4 rings (SSSR count). The number of rotatable bonds is 6. The van der Waals surface area contributed by atoms with Gasteiger partial charge in [0.2, 0.25) is 0 Å². The Kier molecular flexibility index (Phi) is 6.23. The molecule has 0 radical (unpaired) electrons. The summed E-state index contributed by atoms with van der Waals surface area (Å²) in [7, 11) is -7.95. The Morgan fingerprint density at radius 2 is 1.91 bits per heavy atom. The number of anilines is 1. The normalized spacial score (nSPS) is 17.5. The minimum absolute atomic E-state index is 0.0884. The van der Waals surface area contributed by atoms with Gasteiger partial charge < -0.3 is 10.4 Å². The van der Waals surface area contributed by atoms with Gasteiger partial charge in [-0.05, 0) is 72.9 Å². The van der Waals surface area contributed by atoms with Gasteiger partial charge in [-0.2, -0.15) is 0 Å². The maximum atomic E-state index is 12.9. The molecule has 1 unspecified atom stereocenters. The zero-order valence-corrected chi connectivity index (χ0v) is 20.1. The van der Waals surface area contributed by atoms with Gasteiger partial charge in [-0.1, -0.05) is 13.8 Å². The van der Waals surface area contributed by atoms with Crippen molar-refractivity contribution in [1.82, 2.24) is 9.71 Å². The highest BCUT2D eigenvalue weighted by atomic mass is 32.2. The van der Waals surface area contributed by atoms with Crippen LogP contribution in [0.2, 0.25) is 0 Å². The molecule has 0 aliphatic heterocycles. The minimum Gasteiger partial charge on any atom is -0.392 e. The first-order chi connectivity index (χ1) is 15.6. The Hall–Kier alpha value is -2.50. The van der Waals surface area contributed by atoms with Gasteiger partial charge in [-0.3, -0.25) is 4.98 Å². The smallest absolute Gasteiger partial charge is 0.333 e. The van der Waals surface area contributed by atoms with Crippen LogP contribution in [-0.2, 0) is 45.7 Å². The van der Waals surface area contributed by atoms with Gasteiger partial charge in [0.05, 0.1) is 27.8 Å². The number of hydrogen-bond acceptors (Lipinski definition) is 7. The van der Waals surface area contributed by atoms with E-state index in [1.807, 2.05) is 4.72 Å². The zero-order chi connectivity index (χ0) is 24.0. The largest absolute Gasteiger partial charge is 0.392 e. The molecule has 0 spiro atoms. The highest BCUT2D eigenvalue weighted by Crippen LogP contribution is 2.41. The number of aliphatic hydroxyl groups excluding tert-OH is 1. The summed E-state index contributed by atoms with van der Waals surface area (Å²) in [5.41, 5.74) is 4.38. The number of carbonyl (C=O) groups excluding carboxylic acids is 1. The Morgan fingerprint density at radius 1 is 1.15 bits per heavy atom. The van der Waals surface area contributed by atoms with Crippen LogP contribution >= 0.6 is 0 Å². The fourth-order valence-corrected chi connectivity index (χ4v) is 6.62. The van der Waals surface area contributed by atoms with Gasteiger partial charge in [0.25, 0.3) is 10.0 Å². The lowest BCUT2D eigenvalue weighted by Gasteiger charge is -2.17. The van der Waals surface area contributed by atoms with Crippen molar-refractivity contribution >= 4 is 31.6 Å². The molecule has 1 atom stereocenters. The van der Waals surface area contributed by atoms with E-state index in [-0.39, 0.29) is 27.0 Å². The maximum Gasteiger partial charge on any atom is 0.333 e. The van der Waals surface area contributed by atoms with Crippen molar-refractivity contribution in [1.29, 1.82) is 0 Å². The number of pyridine rings is 1. The lowest BCUT2D eigenvalue weighted by Crippen LogP contribution is -2.35. The molecule has 33 heavy (non-hydrogen) atoms. The fourth-order valence-electron chi connectivity index (χ4n) is 4.57. The SMILES string of the molecule is CCS(=O)(=O)c1ccc(S(=O)(=O)NC(=O)Nc2c3c(nc4c2CCC4C)CCC3)c(CO)c1. The summed E-state index contributed by atoms with van der Waals surface area (Å²) in [6.45, 7) is 2.86. The van der Waals surface area contributed by atoms with E-state index < -0.39 is 32.5 Å². The summed E-state index contributed by atoms with van der Waals surface area (Å²) < 4.78 is 52.0. The van der Waals surface area contributed by atoms with E-state index in [0.717, 1.165) is 72.8 Å². The molecule has 2 aromatic rings. The first-order valence-corrected chi connectivity index (χ1v) is 14.1. The van der Waals surface area contributed by atoms with Gasteiger partial charge in [0.15, 0.2) is 9.84 Å². The maximum absolute atomic E-state index is 12.9. The second-order valence-corrected chi connectivity index (χ2v) is 12.4. The molecule has 178 valence electrons. The van der Waals surface area contributed by atoms with Crippen LogP contribution in [0.4, 0.5) is 10.5 Å². The van der Waals surface area contributed by atoms with Gasteiger partial charge in [0, 0.05) is 11.4 Å². The number of aliphatic hydroxyl groups is 1. The number of nitrogens with zero attached hydrogens (tertiary/aromatic N) is 1. The second-order valence-electron chi connectivity index (χ2n) is 8.46. The second kappa shape index (κ2) is 8.69. The molecule has 2 amide bonds. The number of sulfone groups is 1. The van der Waals surface area contributed by atoms with E-state index in [1.165, 1.54) is 6.92 Å². The zero-order valence-electron chi connectivity index (χ0n) is 18.5. The molecule has 1 heterocycles. The van der Waals surface area contributed by atoms with E-state index in [2.05, 4.69) is 12.2 Å². The van der Waals surface area contributed by atoms with Crippen LogP contribution in [0.1, 0.15) is 60.7 Å². The van der Waals surface area contributed by atoms with E-state index in [4.69, 9.17) is 4.98 Å². The molecule has 9 nitrogen and oxygen atoms in total. The van der Waals surface area contributed by atoms with Crippen molar-refractivity contribution in [2.75, 3.05) is 11.1 Å². The summed E-state index contributed by atoms with van der Waals surface area (Å²) in [6.07, 6.45) is 4.22. The first kappa shape index (κ1) is 23.7. The summed E-state index contributed by atoms with van der Waals surface area (Å²) in [6, 6.07) is 2.46. The highest BCUT2D eigenvalue weighted by molar-refractivity contribution is 7.91. The lowest BCUT2D eigenvalue weighted by atomic mass is 10.0. The Balaban J connectivity index is 1.62. The topological polar surface area (TPSA) is 143 Å². The van der Waals surface area contributed by atoms with Crippen LogP contribution in [0, 0.1) is 0 Å². The predicted octanol–water partition coefficient (Wildman–Crippen LogP) is 2.42. The third kappa shape index (κ3) is 4.36. The third-order valence-corrected chi connectivity index (χ3v) is 9.51. The Bertz CT molecular complexity index is 1340. The summed E-state index contributed by atoms with van der Waals surface area (Å²) in [5.74, 6) is 0.118. The molecule has 3 N–H and O–H groups in total. The number of fused-ring (bicyclic) bond motifs is 2. The van der Waals surface area contributed by atoms with Crippen LogP contribution in [-0.4, -0.2) is 38.7 Å². The van der Waals surface area contributed by atoms with Crippen molar-refractivity contribution in [3.63, 3.8) is 0 Å². The highest BCUT2D eigenvalue weighted by Gasteiger charge is 2.31. The number of amides is 2. The molecule has 0 fully saturated rings. The number of sulfonamides is 1. The molecular weight excluding hydrogens is 466 g/mol. The van der Waals surface area contributed by atoms with Crippen LogP contribution in [0.5, 0.6) is 0 Å². The van der Waals surface area contributed by atoms with E-state index in [9.17, 15) is 26.7 Å². The number of aromatic nitrogens is 1. The molecule has 1 aromatic carbocycles. The van der Waals surface area contributed by atoms with E-state index in [0.29, 0.717) is 5.69 Å². The standard InChI is InChI=1S/C22H27N3O6S2/c1-3-32(28,29)15-8-10-19(14(11-15)12-26)33(30,31)25-22(27)24-21-16-5-4-6-18(16)23-20-13(2)7-9-17(20)21/h8,10-11,13,26H,3-7,9,12H2,1-2H3,(H2,23,24,25,27). The summed E-state index contributed by atoms with van der Waals surface area (Å²) in [5, 5.41) is 12.4. The molecule has 0 saturated heterocycles. The average molecular weight is 494 g/mol. The number of urea groups is 1. The number of hydrogen-bond donors (Lipinski definition) is 3. The predicted molar refractivity (Wildman–Crippen MR) is 122 cm³/mol. The molecule has 0 bridgehead atoms. The molecule has 0 saturated carbocycles. The monoisotopic (exact) mass is 493 g/mol. The number of aryl methyl sites for hydroxylation is 1. The molecular formula is C22H27N3O6S2. The Labute approximate surface area is 193 Å². The number of nitrogens with one attached hydrogen (secondary N) is 2. The van der Waals surface area contributed by atoms with Crippen LogP contribution < -0.4 is 10.0 Å². The summed E-state index contributed by atoms with van der Waals surface area (Å²) in [4.78, 5) is 17.1. The third-order valence-electron chi connectivity index (χ3n) is 6.35. The van der Waals surface area contributed by atoms with Crippen molar-refractivity contribution in [3.05, 3.63) is 46.3 Å². The Morgan fingerprint density at radius 3 is 2.61 bits per heavy atom. The van der Waals surface area contributed by atoms with Crippen molar-refractivity contribution < 1.29 is 26.7 Å². The number of carbonyl (C=O) groups is 1. The molecule has 2 aliphatic carbocycles. The van der Waals surface area contributed by atoms with Crippen molar-refractivity contribution in [2.45, 2.75) is 68.3 Å². The van der Waals surface area contributed by atoms with Crippen molar-refractivity contribution in [3.8, 4) is 0 Å². The van der Waals surface area contributed by atoms with Gasteiger partial charge in [-0.25, -0.2) is 26.4 Å². The number of benzene rings is 1. The van der Waals surface area contributed by atoms with Gasteiger partial charge in [-0.15, -0.1) is 0 Å². The van der Waals surface area contributed by atoms with Gasteiger partial charge in [0.1, 0.15) is 0 Å². The van der Waals surface area contributed by atoms with Crippen LogP contribution in [0.25, 0.3) is 0 Å². The molecule has 1 aromatic heterocycles. The molecule has 11 heteroatoms. The van der Waals surface area contributed by atoms with Crippen LogP contribution in [0.3, 0.4) is 0 Å². The first-order valence-electron chi connectivity index (χ1n) is 10.9. The van der Waals surface area contributed by atoms with E-state index >= 15 is 0 Å².